The average Bonchev–Trinajstić information content (AvgIpc) is 2.56. The predicted molar refractivity (Wildman–Crippen MR) is 85.3 cm³/mol. The monoisotopic (exact) mass is 317 g/mol. The van der Waals surface area contributed by atoms with Crippen molar-refractivity contribution in [1.29, 1.82) is 0 Å². The number of rotatable bonds is 6. The van der Waals surface area contributed by atoms with Crippen LogP contribution in [0, 0.1) is 5.82 Å². The van der Waals surface area contributed by atoms with Gasteiger partial charge in [0.15, 0.2) is 0 Å². The first-order chi connectivity index (χ1) is 11.1. The zero-order valence-electron chi connectivity index (χ0n) is 12.9. The van der Waals surface area contributed by atoms with E-state index in [1.165, 1.54) is 24.3 Å². The summed E-state index contributed by atoms with van der Waals surface area (Å²) in [6.45, 7) is 2.13. The molecule has 2 rings (SSSR count). The van der Waals surface area contributed by atoms with E-state index in [9.17, 15) is 14.3 Å². The van der Waals surface area contributed by atoms with Crippen molar-refractivity contribution in [3.05, 3.63) is 65.7 Å². The van der Waals surface area contributed by atoms with Crippen LogP contribution in [0.25, 0.3) is 0 Å². The number of carbonyl (C=O) groups is 1. The summed E-state index contributed by atoms with van der Waals surface area (Å²) < 4.78 is 12.9. The van der Waals surface area contributed by atoms with Gasteiger partial charge >= 0.3 is 6.03 Å². The van der Waals surface area contributed by atoms with E-state index in [0.717, 1.165) is 5.69 Å². The molecule has 1 heterocycles. The lowest BCUT2D eigenvalue weighted by atomic mass is 10.0. The van der Waals surface area contributed by atoms with Crippen LogP contribution in [-0.4, -0.2) is 28.7 Å². The second kappa shape index (κ2) is 8.24. The highest BCUT2D eigenvalue weighted by atomic mass is 19.1. The normalized spacial score (nSPS) is 13.2. The second-order valence-electron chi connectivity index (χ2n) is 5.26. The van der Waals surface area contributed by atoms with Gasteiger partial charge in [0, 0.05) is 24.9 Å². The molecule has 0 radical (unpaired) electrons. The smallest absolute Gasteiger partial charge is 0.315 e. The number of aliphatic hydroxyl groups is 1. The van der Waals surface area contributed by atoms with E-state index in [1.54, 1.807) is 13.1 Å². The Labute approximate surface area is 134 Å². The molecule has 0 spiro atoms. The van der Waals surface area contributed by atoms with Crippen LogP contribution in [-0.2, 0) is 6.42 Å². The predicted octanol–water partition coefficient (Wildman–Crippen LogP) is 2.18. The third-order valence-electron chi connectivity index (χ3n) is 3.44. The lowest BCUT2D eigenvalue weighted by Crippen LogP contribution is -2.44. The molecule has 1 aromatic carbocycles. The number of pyridine rings is 1. The molecule has 0 aliphatic carbocycles. The van der Waals surface area contributed by atoms with E-state index in [0.29, 0.717) is 18.5 Å². The van der Waals surface area contributed by atoms with Gasteiger partial charge in [0.2, 0.25) is 0 Å². The Morgan fingerprint density at radius 3 is 2.65 bits per heavy atom. The summed E-state index contributed by atoms with van der Waals surface area (Å²) in [5, 5.41) is 15.5. The first-order valence-corrected chi connectivity index (χ1v) is 7.44. The minimum Gasteiger partial charge on any atom is -0.386 e. The van der Waals surface area contributed by atoms with Gasteiger partial charge < -0.3 is 15.7 Å². The number of urea groups is 1. The number of aromatic nitrogens is 1. The van der Waals surface area contributed by atoms with Crippen molar-refractivity contribution >= 4 is 6.03 Å². The lowest BCUT2D eigenvalue weighted by Gasteiger charge is -2.21. The van der Waals surface area contributed by atoms with Gasteiger partial charge in [-0.1, -0.05) is 18.2 Å². The summed E-state index contributed by atoms with van der Waals surface area (Å²) in [6, 6.07) is 10.3. The van der Waals surface area contributed by atoms with E-state index in [4.69, 9.17) is 0 Å². The molecule has 23 heavy (non-hydrogen) atoms. The van der Waals surface area contributed by atoms with Crippen LogP contribution in [0.4, 0.5) is 9.18 Å². The first-order valence-electron chi connectivity index (χ1n) is 7.44. The summed E-state index contributed by atoms with van der Waals surface area (Å²) in [4.78, 5) is 16.0. The minimum atomic E-state index is -0.905. The number of amides is 2. The van der Waals surface area contributed by atoms with Gasteiger partial charge in [-0.25, -0.2) is 9.18 Å². The van der Waals surface area contributed by atoms with E-state index < -0.39 is 12.1 Å². The number of nitrogens with one attached hydrogen (secondary N) is 2. The molecule has 2 atom stereocenters. The molecular weight excluding hydrogens is 297 g/mol. The number of halogens is 1. The van der Waals surface area contributed by atoms with E-state index in [-0.39, 0.29) is 11.8 Å². The summed E-state index contributed by atoms with van der Waals surface area (Å²) in [6.07, 6.45) is 1.43. The third kappa shape index (κ3) is 5.34. The molecule has 5 nitrogen and oxygen atoms in total. The SMILES string of the molecule is C[C@@H](NC(=O)NCCc1ccccn1)[C@@H](O)c1ccc(F)cc1. The van der Waals surface area contributed by atoms with Crippen molar-refractivity contribution in [2.24, 2.45) is 0 Å². The fourth-order valence-electron chi connectivity index (χ4n) is 2.14. The number of carbonyl (C=O) groups excluding carboxylic acids is 1. The zero-order chi connectivity index (χ0) is 16.7. The van der Waals surface area contributed by atoms with Crippen molar-refractivity contribution in [2.75, 3.05) is 6.54 Å². The largest absolute Gasteiger partial charge is 0.386 e. The fraction of sp³-hybridized carbons (Fsp3) is 0.294. The van der Waals surface area contributed by atoms with Crippen LogP contribution in [0.1, 0.15) is 24.3 Å². The number of benzene rings is 1. The van der Waals surface area contributed by atoms with Crippen LogP contribution < -0.4 is 10.6 Å². The number of hydrogen-bond donors (Lipinski definition) is 3. The van der Waals surface area contributed by atoms with Crippen molar-refractivity contribution in [3.8, 4) is 0 Å². The summed E-state index contributed by atoms with van der Waals surface area (Å²) in [5.41, 5.74) is 1.44. The Bertz CT molecular complexity index is 619. The molecule has 0 aliphatic heterocycles. The van der Waals surface area contributed by atoms with E-state index >= 15 is 0 Å². The highest BCUT2D eigenvalue weighted by Crippen LogP contribution is 2.16. The molecule has 2 amide bonds. The Kier molecular flexibility index (Phi) is 6.05. The Hall–Kier alpha value is -2.47. The van der Waals surface area contributed by atoms with Crippen molar-refractivity contribution in [3.63, 3.8) is 0 Å². The quantitative estimate of drug-likeness (QED) is 0.764. The summed E-state index contributed by atoms with van der Waals surface area (Å²) in [5.74, 6) is -0.367. The Balaban J connectivity index is 1.76. The van der Waals surface area contributed by atoms with Gasteiger partial charge in [-0.2, -0.15) is 0 Å². The highest BCUT2D eigenvalue weighted by Gasteiger charge is 2.18. The Morgan fingerprint density at radius 2 is 2.00 bits per heavy atom. The standard InChI is InChI=1S/C17H20FN3O2/c1-12(16(22)13-5-7-14(18)8-6-13)21-17(23)20-11-9-15-4-2-3-10-19-15/h2-8,10,12,16,22H,9,11H2,1H3,(H2,20,21,23)/t12-,16-/m1/s1. The third-order valence-corrected chi connectivity index (χ3v) is 3.44. The number of nitrogens with zero attached hydrogens (tertiary/aromatic N) is 1. The fourth-order valence-corrected chi connectivity index (χ4v) is 2.14. The maximum atomic E-state index is 12.9. The molecule has 0 aliphatic rings. The van der Waals surface area contributed by atoms with Gasteiger partial charge in [-0.3, -0.25) is 4.98 Å². The van der Waals surface area contributed by atoms with Gasteiger partial charge in [0.1, 0.15) is 5.82 Å². The lowest BCUT2D eigenvalue weighted by molar-refractivity contribution is 0.137. The maximum Gasteiger partial charge on any atom is 0.315 e. The minimum absolute atomic E-state index is 0.366. The van der Waals surface area contributed by atoms with Crippen LogP contribution in [0.15, 0.2) is 48.7 Å². The van der Waals surface area contributed by atoms with Crippen LogP contribution in [0.2, 0.25) is 0 Å². The van der Waals surface area contributed by atoms with Crippen molar-refractivity contribution in [1.82, 2.24) is 15.6 Å². The van der Waals surface area contributed by atoms with E-state index in [1.807, 2.05) is 18.2 Å². The van der Waals surface area contributed by atoms with Gasteiger partial charge in [-0.05, 0) is 36.8 Å². The average molecular weight is 317 g/mol. The molecule has 0 saturated heterocycles. The zero-order valence-corrected chi connectivity index (χ0v) is 12.9. The van der Waals surface area contributed by atoms with Gasteiger partial charge in [-0.15, -0.1) is 0 Å². The molecule has 6 heteroatoms. The Morgan fingerprint density at radius 1 is 1.26 bits per heavy atom. The van der Waals surface area contributed by atoms with Gasteiger partial charge in [0.25, 0.3) is 0 Å². The molecule has 0 bridgehead atoms. The molecule has 0 saturated carbocycles. The topological polar surface area (TPSA) is 74.2 Å². The van der Waals surface area contributed by atoms with E-state index in [2.05, 4.69) is 15.6 Å². The maximum absolute atomic E-state index is 12.9. The molecule has 2 aromatic rings. The molecular formula is C17H20FN3O2. The summed E-state index contributed by atoms with van der Waals surface area (Å²) in [7, 11) is 0. The van der Waals surface area contributed by atoms with Crippen molar-refractivity contribution in [2.45, 2.75) is 25.5 Å². The molecule has 1 aromatic heterocycles. The van der Waals surface area contributed by atoms with Crippen LogP contribution in [0.3, 0.4) is 0 Å². The molecule has 0 fully saturated rings. The molecule has 122 valence electrons. The number of hydrogen-bond acceptors (Lipinski definition) is 3. The van der Waals surface area contributed by atoms with Crippen LogP contribution >= 0.6 is 0 Å². The van der Waals surface area contributed by atoms with Crippen molar-refractivity contribution < 1.29 is 14.3 Å². The second-order valence-corrected chi connectivity index (χ2v) is 5.26. The first kappa shape index (κ1) is 16.9. The summed E-state index contributed by atoms with van der Waals surface area (Å²) >= 11 is 0. The highest BCUT2D eigenvalue weighted by molar-refractivity contribution is 5.74. The number of aliphatic hydroxyl groups excluding tert-OH is 1. The molecule has 3 N–H and O–H groups in total. The van der Waals surface area contributed by atoms with Gasteiger partial charge in [0.05, 0.1) is 12.1 Å². The van der Waals surface area contributed by atoms with Crippen LogP contribution in [0.5, 0.6) is 0 Å². The molecule has 0 unspecified atom stereocenters.